The second-order valence-corrected chi connectivity index (χ2v) is 6.86. The van der Waals surface area contributed by atoms with Gasteiger partial charge in [0.15, 0.2) is 11.9 Å². The number of esters is 1. The van der Waals surface area contributed by atoms with Gasteiger partial charge in [0.1, 0.15) is 4.88 Å². The van der Waals surface area contributed by atoms with E-state index in [4.69, 9.17) is 27.9 Å². The zero-order chi connectivity index (χ0) is 15.0. The third kappa shape index (κ3) is 2.93. The normalized spacial score (nSPS) is 19.0. The highest BCUT2D eigenvalue weighted by atomic mass is 35.5. The number of benzene rings is 1. The number of Topliss-reactive ketones (excluding diaryl/α,β-unsaturated/α-hetero) is 1. The number of fused-ring (bicyclic) bond motifs is 1. The van der Waals surface area contributed by atoms with E-state index < -0.39 is 12.1 Å². The van der Waals surface area contributed by atoms with Crippen molar-refractivity contribution in [3.05, 3.63) is 33.1 Å². The monoisotopic (exact) mass is 342 g/mol. The average Bonchev–Trinajstić information content (AvgIpc) is 2.78. The SMILES string of the molecule is O=C(O[C@@H]1CCCCC1=O)c1sc2cc(Cl)ccc2c1Cl. The van der Waals surface area contributed by atoms with E-state index >= 15 is 0 Å². The van der Waals surface area contributed by atoms with Crippen molar-refractivity contribution >= 4 is 56.4 Å². The van der Waals surface area contributed by atoms with Crippen LogP contribution in [-0.4, -0.2) is 17.9 Å². The van der Waals surface area contributed by atoms with Crippen molar-refractivity contribution in [3.8, 4) is 0 Å². The predicted molar refractivity (Wildman–Crippen MR) is 84.5 cm³/mol. The maximum atomic E-state index is 12.3. The third-order valence-electron chi connectivity index (χ3n) is 3.52. The fourth-order valence-electron chi connectivity index (χ4n) is 2.43. The zero-order valence-corrected chi connectivity index (χ0v) is 13.4. The van der Waals surface area contributed by atoms with Gasteiger partial charge in [-0.2, -0.15) is 0 Å². The minimum atomic E-state index is -0.629. The first-order valence-electron chi connectivity index (χ1n) is 6.67. The van der Waals surface area contributed by atoms with E-state index in [0.29, 0.717) is 27.8 Å². The maximum absolute atomic E-state index is 12.3. The minimum Gasteiger partial charge on any atom is -0.450 e. The molecule has 1 aliphatic rings. The number of hydrogen-bond donors (Lipinski definition) is 0. The highest BCUT2D eigenvalue weighted by molar-refractivity contribution is 7.21. The molecule has 1 atom stereocenters. The first-order chi connectivity index (χ1) is 10.1. The van der Waals surface area contributed by atoms with Crippen LogP contribution in [0.2, 0.25) is 10.0 Å². The number of thiophene rings is 1. The van der Waals surface area contributed by atoms with Crippen LogP contribution in [0.25, 0.3) is 10.1 Å². The lowest BCUT2D eigenvalue weighted by atomic mass is 9.96. The largest absolute Gasteiger partial charge is 0.450 e. The molecule has 21 heavy (non-hydrogen) atoms. The quantitative estimate of drug-likeness (QED) is 0.730. The van der Waals surface area contributed by atoms with Crippen LogP contribution >= 0.6 is 34.5 Å². The van der Waals surface area contributed by atoms with Gasteiger partial charge in [-0.1, -0.05) is 29.3 Å². The Bertz CT molecular complexity index is 723. The Morgan fingerprint density at radius 3 is 2.86 bits per heavy atom. The molecule has 6 heteroatoms. The first kappa shape index (κ1) is 14.8. The molecular formula is C15H12Cl2O3S. The van der Waals surface area contributed by atoms with Crippen molar-refractivity contribution in [2.24, 2.45) is 0 Å². The van der Waals surface area contributed by atoms with Crippen LogP contribution < -0.4 is 0 Å². The van der Waals surface area contributed by atoms with Crippen molar-refractivity contribution in [2.75, 3.05) is 0 Å². The minimum absolute atomic E-state index is 0.00474. The number of ketones is 1. The molecule has 0 radical (unpaired) electrons. The second-order valence-electron chi connectivity index (χ2n) is 4.99. The third-order valence-corrected chi connectivity index (χ3v) is 5.40. The molecule has 0 N–H and O–H groups in total. The molecule has 3 nitrogen and oxygen atoms in total. The summed E-state index contributed by atoms with van der Waals surface area (Å²) < 4.78 is 6.16. The van der Waals surface area contributed by atoms with Gasteiger partial charge in [-0.05, 0) is 31.4 Å². The number of rotatable bonds is 2. The van der Waals surface area contributed by atoms with Gasteiger partial charge in [0, 0.05) is 21.5 Å². The van der Waals surface area contributed by atoms with E-state index in [2.05, 4.69) is 0 Å². The standard InChI is InChI=1S/C15H12Cl2O3S/c16-8-5-6-9-12(7-8)21-14(13(9)17)15(19)20-11-4-2-1-3-10(11)18/h5-7,11H,1-4H2/t11-/m1/s1. The lowest BCUT2D eigenvalue weighted by Gasteiger charge is -2.20. The van der Waals surface area contributed by atoms with Gasteiger partial charge >= 0.3 is 5.97 Å². The maximum Gasteiger partial charge on any atom is 0.350 e. The molecule has 0 aliphatic heterocycles. The Morgan fingerprint density at radius 1 is 1.29 bits per heavy atom. The Hall–Kier alpha value is -1.10. The molecule has 3 rings (SSSR count). The van der Waals surface area contributed by atoms with Crippen LogP contribution in [0.3, 0.4) is 0 Å². The van der Waals surface area contributed by atoms with Crippen LogP contribution in [0, 0.1) is 0 Å². The van der Waals surface area contributed by atoms with Gasteiger partial charge in [-0.25, -0.2) is 4.79 Å². The van der Waals surface area contributed by atoms with Gasteiger partial charge in [0.05, 0.1) is 5.02 Å². The summed E-state index contributed by atoms with van der Waals surface area (Å²) >= 11 is 13.4. The van der Waals surface area contributed by atoms with Crippen LogP contribution in [0.1, 0.15) is 35.4 Å². The Morgan fingerprint density at radius 2 is 2.10 bits per heavy atom. The molecule has 0 bridgehead atoms. The Kier molecular flexibility index (Phi) is 4.20. The lowest BCUT2D eigenvalue weighted by Crippen LogP contribution is -2.29. The van der Waals surface area contributed by atoms with Gasteiger partial charge in [-0.15, -0.1) is 11.3 Å². The summed E-state index contributed by atoms with van der Waals surface area (Å²) in [5.74, 6) is -0.535. The van der Waals surface area contributed by atoms with Gasteiger partial charge < -0.3 is 4.74 Å². The Labute approximate surface area is 135 Å². The van der Waals surface area contributed by atoms with Crippen molar-refractivity contribution in [1.82, 2.24) is 0 Å². The highest BCUT2D eigenvalue weighted by Crippen LogP contribution is 2.37. The molecule has 2 aromatic rings. The summed E-state index contributed by atoms with van der Waals surface area (Å²) in [5, 5.41) is 1.72. The molecule has 0 amide bonds. The topological polar surface area (TPSA) is 43.4 Å². The van der Waals surface area contributed by atoms with Crippen LogP contribution in [0.4, 0.5) is 0 Å². The second kappa shape index (κ2) is 5.95. The van der Waals surface area contributed by atoms with Crippen LogP contribution in [-0.2, 0) is 9.53 Å². The zero-order valence-electron chi connectivity index (χ0n) is 11.0. The first-order valence-corrected chi connectivity index (χ1v) is 8.25. The van der Waals surface area contributed by atoms with E-state index in [1.807, 2.05) is 0 Å². The molecule has 110 valence electrons. The average molecular weight is 343 g/mol. The molecule has 0 unspecified atom stereocenters. The molecule has 0 spiro atoms. The molecule has 0 saturated heterocycles. The predicted octanol–water partition coefficient (Wildman–Crippen LogP) is 4.88. The number of carbonyl (C=O) groups excluding carboxylic acids is 2. The molecule has 1 aromatic heterocycles. The van der Waals surface area contributed by atoms with E-state index in [1.54, 1.807) is 18.2 Å². The summed E-state index contributed by atoms with van der Waals surface area (Å²) in [6.45, 7) is 0. The summed E-state index contributed by atoms with van der Waals surface area (Å²) in [4.78, 5) is 24.3. The van der Waals surface area contributed by atoms with Gasteiger partial charge in [-0.3, -0.25) is 4.79 Å². The molecule has 1 saturated carbocycles. The van der Waals surface area contributed by atoms with Crippen molar-refractivity contribution < 1.29 is 14.3 Å². The van der Waals surface area contributed by atoms with E-state index in [0.717, 1.165) is 22.9 Å². The summed E-state index contributed by atoms with van der Waals surface area (Å²) in [5.41, 5.74) is 0. The van der Waals surface area contributed by atoms with E-state index in [-0.39, 0.29) is 5.78 Å². The fourth-order valence-corrected chi connectivity index (χ4v) is 4.10. The Balaban J connectivity index is 1.87. The molecule has 1 heterocycles. The van der Waals surface area contributed by atoms with Crippen molar-refractivity contribution in [1.29, 1.82) is 0 Å². The fraction of sp³-hybridized carbons (Fsp3) is 0.333. The smallest absolute Gasteiger partial charge is 0.350 e. The lowest BCUT2D eigenvalue weighted by molar-refractivity contribution is -0.129. The van der Waals surface area contributed by atoms with E-state index in [9.17, 15) is 9.59 Å². The molecular weight excluding hydrogens is 331 g/mol. The molecule has 1 aliphatic carbocycles. The summed E-state index contributed by atoms with van der Waals surface area (Å²) in [7, 11) is 0. The molecule has 1 fully saturated rings. The van der Waals surface area contributed by atoms with Crippen LogP contribution in [0.15, 0.2) is 18.2 Å². The summed E-state index contributed by atoms with van der Waals surface area (Å²) in [6.07, 6.45) is 2.22. The van der Waals surface area contributed by atoms with Gasteiger partial charge in [0.25, 0.3) is 0 Å². The van der Waals surface area contributed by atoms with Gasteiger partial charge in [0.2, 0.25) is 0 Å². The van der Waals surface area contributed by atoms with Crippen molar-refractivity contribution in [3.63, 3.8) is 0 Å². The van der Waals surface area contributed by atoms with Crippen molar-refractivity contribution in [2.45, 2.75) is 31.8 Å². The number of ether oxygens (including phenoxy) is 1. The van der Waals surface area contributed by atoms with Crippen LogP contribution in [0.5, 0.6) is 0 Å². The van der Waals surface area contributed by atoms with E-state index in [1.165, 1.54) is 11.3 Å². The highest BCUT2D eigenvalue weighted by Gasteiger charge is 2.28. The number of halogens is 2. The molecule has 1 aromatic carbocycles. The number of hydrogen-bond acceptors (Lipinski definition) is 4. The number of carbonyl (C=O) groups is 2. The summed E-state index contributed by atoms with van der Waals surface area (Å²) in [6, 6.07) is 5.26.